The van der Waals surface area contributed by atoms with Crippen LogP contribution in [0.15, 0.2) is 66.7 Å². The molecule has 0 aliphatic heterocycles. The van der Waals surface area contributed by atoms with Crippen molar-refractivity contribution in [2.75, 3.05) is 18.5 Å². The van der Waals surface area contributed by atoms with E-state index >= 15 is 0 Å². The zero-order valence-electron chi connectivity index (χ0n) is 14.4. The Balaban J connectivity index is 1.92. The van der Waals surface area contributed by atoms with Crippen LogP contribution in [0.2, 0.25) is 5.02 Å². The summed E-state index contributed by atoms with van der Waals surface area (Å²) in [6.07, 6.45) is 0. The fraction of sp³-hybridized carbons (Fsp3) is 0.0952. The number of phenols is 1. The van der Waals surface area contributed by atoms with Crippen LogP contribution in [-0.2, 0) is 0 Å². The standard InChI is InChI=1S/C21H18ClNO4/c22-17-13-15(14-6-2-1-3-7-14)12-16(20(17)25)21(26)23-18-8-4-5-9-19(18)27-11-10-24/h1-9,12-13,24-25H,10-11H2,(H,23,26). The van der Waals surface area contributed by atoms with Gasteiger partial charge in [0.2, 0.25) is 0 Å². The van der Waals surface area contributed by atoms with Gasteiger partial charge in [-0.2, -0.15) is 0 Å². The highest BCUT2D eigenvalue weighted by Gasteiger charge is 2.18. The lowest BCUT2D eigenvalue weighted by Crippen LogP contribution is -2.14. The Morgan fingerprint density at radius 3 is 2.44 bits per heavy atom. The summed E-state index contributed by atoms with van der Waals surface area (Å²) in [7, 11) is 0. The number of benzene rings is 3. The molecule has 1 amide bonds. The number of hydrogen-bond donors (Lipinski definition) is 3. The van der Waals surface area contributed by atoms with Crippen molar-refractivity contribution in [3.63, 3.8) is 0 Å². The maximum Gasteiger partial charge on any atom is 0.259 e. The summed E-state index contributed by atoms with van der Waals surface area (Å²) in [5.41, 5.74) is 2.07. The lowest BCUT2D eigenvalue weighted by atomic mass is 10.0. The summed E-state index contributed by atoms with van der Waals surface area (Å²) in [4.78, 5) is 12.8. The van der Waals surface area contributed by atoms with Crippen LogP contribution in [0.25, 0.3) is 11.1 Å². The van der Waals surface area contributed by atoms with Gasteiger partial charge < -0.3 is 20.3 Å². The Labute approximate surface area is 161 Å². The van der Waals surface area contributed by atoms with Crippen molar-refractivity contribution in [3.05, 3.63) is 77.3 Å². The Hall–Kier alpha value is -3.02. The summed E-state index contributed by atoms with van der Waals surface area (Å²) >= 11 is 6.13. The number of aromatic hydroxyl groups is 1. The average Bonchev–Trinajstić information content (AvgIpc) is 2.70. The summed E-state index contributed by atoms with van der Waals surface area (Å²) < 4.78 is 5.42. The topological polar surface area (TPSA) is 78.8 Å². The molecule has 0 unspecified atom stereocenters. The van der Waals surface area contributed by atoms with Crippen molar-refractivity contribution < 1.29 is 19.7 Å². The van der Waals surface area contributed by atoms with Crippen LogP contribution < -0.4 is 10.1 Å². The van der Waals surface area contributed by atoms with E-state index < -0.39 is 5.91 Å². The second kappa shape index (κ2) is 8.58. The highest BCUT2D eigenvalue weighted by Crippen LogP contribution is 2.34. The van der Waals surface area contributed by atoms with E-state index in [1.54, 1.807) is 36.4 Å². The van der Waals surface area contributed by atoms with Crippen LogP contribution in [0, 0.1) is 0 Å². The van der Waals surface area contributed by atoms with E-state index in [9.17, 15) is 9.90 Å². The second-order valence-electron chi connectivity index (χ2n) is 5.74. The van der Waals surface area contributed by atoms with Gasteiger partial charge in [0.05, 0.1) is 22.9 Å². The van der Waals surface area contributed by atoms with Crippen LogP contribution >= 0.6 is 11.6 Å². The summed E-state index contributed by atoms with van der Waals surface area (Å²) in [6, 6.07) is 19.5. The van der Waals surface area contributed by atoms with Crippen molar-refractivity contribution >= 4 is 23.2 Å². The highest BCUT2D eigenvalue weighted by atomic mass is 35.5. The molecule has 5 nitrogen and oxygen atoms in total. The van der Waals surface area contributed by atoms with Crippen LogP contribution in [0.4, 0.5) is 5.69 Å². The molecule has 0 atom stereocenters. The Kier molecular flexibility index (Phi) is 5.96. The minimum Gasteiger partial charge on any atom is -0.506 e. The molecule has 3 N–H and O–H groups in total. The molecule has 3 aromatic rings. The van der Waals surface area contributed by atoms with Crippen molar-refractivity contribution in [1.29, 1.82) is 0 Å². The predicted octanol–water partition coefficient (Wildman–Crippen LogP) is 4.34. The first-order chi connectivity index (χ1) is 13.1. The maximum atomic E-state index is 12.8. The molecule has 0 bridgehead atoms. The molecule has 0 spiro atoms. The first-order valence-electron chi connectivity index (χ1n) is 8.32. The lowest BCUT2D eigenvalue weighted by Gasteiger charge is -2.13. The van der Waals surface area contributed by atoms with Gasteiger partial charge in [0.25, 0.3) is 5.91 Å². The third-order valence-corrected chi connectivity index (χ3v) is 4.19. The number of carbonyl (C=O) groups excluding carboxylic acids is 1. The number of aliphatic hydroxyl groups is 1. The first kappa shape index (κ1) is 18.8. The Morgan fingerprint density at radius 1 is 1.00 bits per heavy atom. The summed E-state index contributed by atoms with van der Waals surface area (Å²) in [5, 5.41) is 22.0. The van der Waals surface area contributed by atoms with Crippen molar-refractivity contribution in [3.8, 4) is 22.6 Å². The monoisotopic (exact) mass is 383 g/mol. The number of carbonyl (C=O) groups is 1. The minimum absolute atomic E-state index is 0.0540. The summed E-state index contributed by atoms with van der Waals surface area (Å²) in [5.74, 6) is -0.389. The molecule has 0 saturated heterocycles. The molecule has 3 rings (SSSR count). The molecule has 0 radical (unpaired) electrons. The van der Waals surface area contributed by atoms with Gasteiger partial charge >= 0.3 is 0 Å². The molecular weight excluding hydrogens is 366 g/mol. The molecule has 0 aliphatic carbocycles. The van der Waals surface area contributed by atoms with E-state index in [1.807, 2.05) is 30.3 Å². The third-order valence-electron chi connectivity index (χ3n) is 3.90. The van der Waals surface area contributed by atoms with Crippen molar-refractivity contribution in [2.24, 2.45) is 0 Å². The number of hydrogen-bond acceptors (Lipinski definition) is 4. The number of nitrogens with one attached hydrogen (secondary N) is 1. The van der Waals surface area contributed by atoms with Gasteiger partial charge in [0, 0.05) is 0 Å². The minimum atomic E-state index is -0.521. The summed E-state index contributed by atoms with van der Waals surface area (Å²) in [6.45, 7) is -0.0365. The zero-order valence-corrected chi connectivity index (χ0v) is 15.1. The fourth-order valence-corrected chi connectivity index (χ4v) is 2.83. The van der Waals surface area contributed by atoms with E-state index in [2.05, 4.69) is 5.32 Å². The van der Waals surface area contributed by atoms with Gasteiger partial charge in [-0.25, -0.2) is 0 Å². The normalized spacial score (nSPS) is 10.4. The fourth-order valence-electron chi connectivity index (χ4n) is 2.61. The van der Waals surface area contributed by atoms with Crippen LogP contribution in [-0.4, -0.2) is 29.3 Å². The smallest absolute Gasteiger partial charge is 0.259 e. The molecule has 138 valence electrons. The van der Waals surface area contributed by atoms with E-state index in [0.29, 0.717) is 17.0 Å². The predicted molar refractivity (Wildman–Crippen MR) is 106 cm³/mol. The number of phenolic OH excluding ortho intramolecular Hbond substituents is 1. The van der Waals surface area contributed by atoms with Gasteiger partial charge in [-0.05, 0) is 35.4 Å². The molecule has 0 aliphatic rings. The lowest BCUT2D eigenvalue weighted by molar-refractivity contribution is 0.102. The number of ether oxygens (including phenoxy) is 1. The van der Waals surface area contributed by atoms with Crippen molar-refractivity contribution in [1.82, 2.24) is 0 Å². The van der Waals surface area contributed by atoms with E-state index in [1.165, 1.54) is 0 Å². The first-order valence-corrected chi connectivity index (χ1v) is 8.70. The molecule has 27 heavy (non-hydrogen) atoms. The van der Waals surface area contributed by atoms with Gasteiger partial charge in [-0.1, -0.05) is 54.1 Å². The number of amides is 1. The van der Waals surface area contributed by atoms with E-state index in [-0.39, 0.29) is 29.5 Å². The SMILES string of the molecule is O=C(Nc1ccccc1OCCO)c1cc(-c2ccccc2)cc(Cl)c1O. The molecule has 0 saturated carbocycles. The van der Waals surface area contributed by atoms with Gasteiger partial charge in [-0.3, -0.25) is 4.79 Å². The van der Waals surface area contributed by atoms with Gasteiger partial charge in [0.15, 0.2) is 0 Å². The maximum absolute atomic E-state index is 12.8. The Morgan fingerprint density at radius 2 is 1.70 bits per heavy atom. The van der Waals surface area contributed by atoms with Crippen LogP contribution in [0.1, 0.15) is 10.4 Å². The molecule has 3 aromatic carbocycles. The van der Waals surface area contributed by atoms with Crippen molar-refractivity contribution in [2.45, 2.75) is 0 Å². The van der Waals surface area contributed by atoms with Crippen LogP contribution in [0.3, 0.4) is 0 Å². The molecule has 0 aromatic heterocycles. The number of rotatable bonds is 6. The third kappa shape index (κ3) is 4.39. The number of para-hydroxylation sites is 2. The molecular formula is C21H18ClNO4. The quantitative estimate of drug-likeness (QED) is 0.591. The number of anilines is 1. The highest BCUT2D eigenvalue weighted by molar-refractivity contribution is 6.33. The number of halogens is 1. The average molecular weight is 384 g/mol. The van der Waals surface area contributed by atoms with E-state index in [0.717, 1.165) is 5.56 Å². The molecule has 0 heterocycles. The zero-order chi connectivity index (χ0) is 19.2. The molecule has 6 heteroatoms. The second-order valence-corrected chi connectivity index (χ2v) is 6.15. The van der Waals surface area contributed by atoms with Crippen LogP contribution in [0.5, 0.6) is 11.5 Å². The largest absolute Gasteiger partial charge is 0.506 e. The number of aliphatic hydroxyl groups excluding tert-OH is 1. The van der Waals surface area contributed by atoms with Gasteiger partial charge in [-0.15, -0.1) is 0 Å². The van der Waals surface area contributed by atoms with Gasteiger partial charge in [0.1, 0.15) is 18.1 Å². The Bertz CT molecular complexity index is 944. The molecule has 0 fully saturated rings. The van der Waals surface area contributed by atoms with E-state index in [4.69, 9.17) is 21.4 Å².